The fourth-order valence-electron chi connectivity index (χ4n) is 2.85. The van der Waals surface area contributed by atoms with Gasteiger partial charge in [0.2, 0.25) is 0 Å². The van der Waals surface area contributed by atoms with Crippen molar-refractivity contribution in [2.45, 2.75) is 31.2 Å². The van der Waals surface area contributed by atoms with Gasteiger partial charge >= 0.3 is 0 Å². The minimum absolute atomic E-state index is 0.211. The van der Waals surface area contributed by atoms with E-state index in [1.807, 2.05) is 25.0 Å². The van der Waals surface area contributed by atoms with Gasteiger partial charge in [-0.25, -0.2) is 0 Å². The molecule has 100 valence electrons. The van der Waals surface area contributed by atoms with Crippen LogP contribution in [0.25, 0.3) is 0 Å². The summed E-state index contributed by atoms with van der Waals surface area (Å²) in [5, 5.41) is 7.63. The monoisotopic (exact) mass is 255 g/mol. The van der Waals surface area contributed by atoms with Crippen LogP contribution < -0.4 is 5.32 Å². The Morgan fingerprint density at radius 1 is 1.21 bits per heavy atom. The van der Waals surface area contributed by atoms with Gasteiger partial charge in [0.05, 0.1) is 11.7 Å². The predicted octanol–water partition coefficient (Wildman–Crippen LogP) is 3.00. The molecule has 1 fully saturated rings. The maximum Gasteiger partial charge on any atom is 0.0745 e. The van der Waals surface area contributed by atoms with Crippen molar-refractivity contribution in [2.75, 3.05) is 7.05 Å². The molecule has 1 atom stereocenters. The van der Waals surface area contributed by atoms with Gasteiger partial charge in [-0.2, -0.15) is 5.10 Å². The Hall–Kier alpha value is -1.61. The number of aromatic nitrogens is 2. The largest absolute Gasteiger partial charge is 0.308 e. The number of benzene rings is 1. The lowest BCUT2D eigenvalue weighted by Crippen LogP contribution is -2.20. The molecule has 2 aromatic rings. The second kappa shape index (κ2) is 5.17. The van der Waals surface area contributed by atoms with E-state index in [1.165, 1.54) is 36.1 Å². The van der Waals surface area contributed by atoms with Gasteiger partial charge in [0, 0.05) is 13.2 Å². The fourth-order valence-corrected chi connectivity index (χ4v) is 2.85. The number of hydrogen-bond donors (Lipinski definition) is 1. The molecule has 1 aromatic carbocycles. The van der Waals surface area contributed by atoms with Gasteiger partial charge < -0.3 is 5.32 Å². The summed E-state index contributed by atoms with van der Waals surface area (Å²) in [7, 11) is 3.99. The average Bonchev–Trinajstić information content (AvgIpc) is 2.77. The lowest BCUT2D eigenvalue weighted by molar-refractivity contribution is 0.419. The molecule has 1 aliphatic rings. The Balaban J connectivity index is 1.85. The van der Waals surface area contributed by atoms with Crippen LogP contribution in [0.2, 0.25) is 0 Å². The molecule has 1 aromatic heterocycles. The fraction of sp³-hybridized carbons (Fsp3) is 0.438. The molecule has 3 nitrogen and oxygen atoms in total. The van der Waals surface area contributed by atoms with Crippen molar-refractivity contribution in [3.05, 3.63) is 53.3 Å². The molecule has 19 heavy (non-hydrogen) atoms. The molecule has 1 unspecified atom stereocenters. The van der Waals surface area contributed by atoms with Gasteiger partial charge in [-0.1, -0.05) is 30.7 Å². The Labute approximate surface area is 114 Å². The van der Waals surface area contributed by atoms with Crippen molar-refractivity contribution in [2.24, 2.45) is 7.05 Å². The molecule has 3 heteroatoms. The van der Waals surface area contributed by atoms with Crippen molar-refractivity contribution in [1.29, 1.82) is 0 Å². The third-order valence-corrected chi connectivity index (χ3v) is 4.29. The van der Waals surface area contributed by atoms with E-state index in [4.69, 9.17) is 0 Å². The maximum atomic E-state index is 4.26. The van der Waals surface area contributed by atoms with Gasteiger partial charge in [-0.3, -0.25) is 4.68 Å². The summed E-state index contributed by atoms with van der Waals surface area (Å²) in [6, 6.07) is 11.4. The van der Waals surface area contributed by atoms with Crippen LogP contribution in [0.1, 0.15) is 48.0 Å². The van der Waals surface area contributed by atoms with Crippen LogP contribution >= 0.6 is 0 Å². The number of nitrogens with one attached hydrogen (secondary N) is 1. The minimum Gasteiger partial charge on any atom is -0.308 e. The van der Waals surface area contributed by atoms with Crippen LogP contribution in [0.3, 0.4) is 0 Å². The quantitative estimate of drug-likeness (QED) is 0.910. The van der Waals surface area contributed by atoms with Crippen LogP contribution in [0.5, 0.6) is 0 Å². The standard InChI is InChI=1S/C16H21N3/c1-17-16(15-10-11-18-19(15)2)14-8-6-13(7-9-14)12-4-3-5-12/h6-12,16-17H,3-5H2,1-2H3. The Morgan fingerprint density at radius 2 is 1.95 bits per heavy atom. The third kappa shape index (κ3) is 2.30. The number of hydrogen-bond acceptors (Lipinski definition) is 2. The second-order valence-corrected chi connectivity index (χ2v) is 5.40. The summed E-state index contributed by atoms with van der Waals surface area (Å²) in [6.45, 7) is 0. The molecule has 0 saturated heterocycles. The SMILES string of the molecule is CNC(c1ccc(C2CCC2)cc1)c1ccnn1C. The van der Waals surface area contributed by atoms with Crippen LogP contribution in [0, 0.1) is 0 Å². The molecule has 0 spiro atoms. The summed E-state index contributed by atoms with van der Waals surface area (Å²) in [5.41, 5.74) is 3.99. The van der Waals surface area contributed by atoms with Crippen molar-refractivity contribution in [1.82, 2.24) is 15.1 Å². The van der Waals surface area contributed by atoms with E-state index in [0.717, 1.165) is 5.92 Å². The average molecular weight is 255 g/mol. The highest BCUT2D eigenvalue weighted by Crippen LogP contribution is 2.36. The molecule has 0 radical (unpaired) electrons. The zero-order valence-corrected chi connectivity index (χ0v) is 11.6. The zero-order chi connectivity index (χ0) is 13.2. The first-order valence-corrected chi connectivity index (χ1v) is 7.04. The zero-order valence-electron chi connectivity index (χ0n) is 11.6. The van der Waals surface area contributed by atoms with Crippen LogP contribution in [-0.4, -0.2) is 16.8 Å². The highest BCUT2D eigenvalue weighted by Gasteiger charge is 2.20. The van der Waals surface area contributed by atoms with E-state index in [9.17, 15) is 0 Å². The molecule has 3 rings (SSSR count). The first-order valence-electron chi connectivity index (χ1n) is 7.04. The summed E-state index contributed by atoms with van der Waals surface area (Å²) in [6.07, 6.45) is 5.95. The molecule has 0 aliphatic heterocycles. The van der Waals surface area contributed by atoms with Gasteiger partial charge in [-0.05, 0) is 43.0 Å². The van der Waals surface area contributed by atoms with E-state index in [0.29, 0.717) is 0 Å². The van der Waals surface area contributed by atoms with E-state index in [2.05, 4.69) is 40.7 Å². The molecule has 1 saturated carbocycles. The molecule has 0 bridgehead atoms. The highest BCUT2D eigenvalue weighted by molar-refractivity contribution is 5.32. The van der Waals surface area contributed by atoms with Gasteiger partial charge in [0.15, 0.2) is 0 Å². The number of aryl methyl sites for hydroxylation is 1. The van der Waals surface area contributed by atoms with E-state index >= 15 is 0 Å². The maximum absolute atomic E-state index is 4.26. The van der Waals surface area contributed by atoms with Crippen molar-refractivity contribution < 1.29 is 0 Å². The second-order valence-electron chi connectivity index (χ2n) is 5.40. The number of nitrogens with zero attached hydrogens (tertiary/aromatic N) is 2. The molecular formula is C16H21N3. The summed E-state index contributed by atoms with van der Waals surface area (Å²) in [5.74, 6) is 0.804. The van der Waals surface area contributed by atoms with Gasteiger partial charge in [-0.15, -0.1) is 0 Å². The first kappa shape index (κ1) is 12.4. The van der Waals surface area contributed by atoms with Gasteiger partial charge in [0.25, 0.3) is 0 Å². The van der Waals surface area contributed by atoms with Crippen molar-refractivity contribution in [3.63, 3.8) is 0 Å². The first-order chi connectivity index (χ1) is 9.29. The van der Waals surface area contributed by atoms with E-state index < -0.39 is 0 Å². The van der Waals surface area contributed by atoms with Crippen molar-refractivity contribution >= 4 is 0 Å². The van der Waals surface area contributed by atoms with E-state index in [-0.39, 0.29) is 6.04 Å². The van der Waals surface area contributed by atoms with Crippen molar-refractivity contribution in [3.8, 4) is 0 Å². The highest BCUT2D eigenvalue weighted by atomic mass is 15.3. The molecule has 0 amide bonds. The smallest absolute Gasteiger partial charge is 0.0745 e. The van der Waals surface area contributed by atoms with Crippen LogP contribution in [0.4, 0.5) is 0 Å². The Kier molecular flexibility index (Phi) is 3.38. The third-order valence-electron chi connectivity index (χ3n) is 4.29. The predicted molar refractivity (Wildman–Crippen MR) is 77.1 cm³/mol. The molecule has 1 aliphatic carbocycles. The van der Waals surface area contributed by atoms with Crippen LogP contribution in [-0.2, 0) is 7.05 Å². The minimum atomic E-state index is 0.211. The molecular weight excluding hydrogens is 234 g/mol. The summed E-state index contributed by atoms with van der Waals surface area (Å²) < 4.78 is 1.93. The van der Waals surface area contributed by atoms with Crippen LogP contribution in [0.15, 0.2) is 36.5 Å². The Morgan fingerprint density at radius 3 is 2.42 bits per heavy atom. The Bertz CT molecular complexity index is 537. The summed E-state index contributed by atoms with van der Waals surface area (Å²) in [4.78, 5) is 0. The number of rotatable bonds is 4. The lowest BCUT2D eigenvalue weighted by atomic mass is 9.80. The topological polar surface area (TPSA) is 29.9 Å². The lowest BCUT2D eigenvalue weighted by Gasteiger charge is -2.26. The van der Waals surface area contributed by atoms with E-state index in [1.54, 1.807) is 0 Å². The van der Waals surface area contributed by atoms with Gasteiger partial charge in [0.1, 0.15) is 0 Å². The molecule has 1 heterocycles. The molecule has 1 N–H and O–H groups in total. The normalized spacial score (nSPS) is 17.2. The summed E-state index contributed by atoms with van der Waals surface area (Å²) >= 11 is 0.